The predicted molar refractivity (Wildman–Crippen MR) is 80.4 cm³/mol. The Kier molecular flexibility index (Phi) is 6.68. The monoisotopic (exact) mass is 302 g/mol. The van der Waals surface area contributed by atoms with Crippen LogP contribution in [0.1, 0.15) is 42.5 Å². The Hall–Kier alpha value is -1.07. The minimum Gasteiger partial charge on any atom is -0.310 e. The molecule has 120 valence electrons. The Labute approximate surface area is 125 Å². The van der Waals surface area contributed by atoms with Gasteiger partial charge in [0, 0.05) is 6.04 Å². The average Bonchev–Trinajstić information content (AvgIpc) is 2.38. The van der Waals surface area contributed by atoms with Crippen LogP contribution >= 0.6 is 0 Å². The highest BCUT2D eigenvalue weighted by Crippen LogP contribution is 2.32. The molecule has 0 bridgehead atoms. The van der Waals surface area contributed by atoms with Crippen LogP contribution in [0.4, 0.5) is 13.2 Å². The summed E-state index contributed by atoms with van der Waals surface area (Å²) < 4.78 is 38.2. The molecule has 5 heteroatoms. The van der Waals surface area contributed by atoms with Crippen LogP contribution in [-0.4, -0.2) is 32.1 Å². The van der Waals surface area contributed by atoms with Gasteiger partial charge in [0.15, 0.2) is 0 Å². The summed E-state index contributed by atoms with van der Waals surface area (Å²) in [5.41, 5.74) is 1.07. The first kappa shape index (κ1) is 18.0. The second-order valence-electron chi connectivity index (χ2n) is 5.67. The summed E-state index contributed by atoms with van der Waals surface area (Å²) in [5.74, 6) is 0. The minimum absolute atomic E-state index is 0.0923. The smallest absolute Gasteiger partial charge is 0.310 e. The molecule has 0 radical (unpaired) electrons. The molecule has 1 unspecified atom stereocenters. The van der Waals surface area contributed by atoms with E-state index in [4.69, 9.17) is 0 Å². The molecule has 1 atom stereocenters. The van der Waals surface area contributed by atoms with Gasteiger partial charge in [0.25, 0.3) is 0 Å². The first-order chi connectivity index (χ1) is 9.75. The maximum Gasteiger partial charge on any atom is 0.416 e. The fraction of sp³-hybridized carbons (Fsp3) is 0.625. The molecule has 0 amide bonds. The second kappa shape index (κ2) is 7.80. The van der Waals surface area contributed by atoms with E-state index in [0.29, 0.717) is 5.56 Å². The highest BCUT2D eigenvalue weighted by molar-refractivity contribution is 5.34. The fourth-order valence-electron chi connectivity index (χ4n) is 2.32. The van der Waals surface area contributed by atoms with Crippen molar-refractivity contribution in [2.75, 3.05) is 27.2 Å². The van der Waals surface area contributed by atoms with Crippen LogP contribution in [0.25, 0.3) is 0 Å². The number of nitrogens with zero attached hydrogens (tertiary/aromatic N) is 1. The van der Waals surface area contributed by atoms with Crippen LogP contribution in [0.15, 0.2) is 18.2 Å². The summed E-state index contributed by atoms with van der Waals surface area (Å²) in [7, 11) is 3.99. The molecule has 0 spiro atoms. The van der Waals surface area contributed by atoms with Crippen LogP contribution < -0.4 is 5.32 Å². The summed E-state index contributed by atoms with van der Waals surface area (Å²) in [6.45, 7) is 5.58. The quantitative estimate of drug-likeness (QED) is 0.819. The maximum atomic E-state index is 12.7. The molecule has 1 aromatic carbocycles. The van der Waals surface area contributed by atoms with Gasteiger partial charge in [-0.15, -0.1) is 0 Å². The van der Waals surface area contributed by atoms with Gasteiger partial charge in [-0.2, -0.15) is 13.2 Å². The Morgan fingerprint density at radius 1 is 1.24 bits per heavy atom. The van der Waals surface area contributed by atoms with Crippen molar-refractivity contribution in [1.29, 1.82) is 0 Å². The van der Waals surface area contributed by atoms with Crippen molar-refractivity contribution in [3.8, 4) is 0 Å². The highest BCUT2D eigenvalue weighted by Gasteiger charge is 2.31. The zero-order valence-electron chi connectivity index (χ0n) is 13.2. The average molecular weight is 302 g/mol. The number of hydrogen-bond donors (Lipinski definition) is 1. The van der Waals surface area contributed by atoms with E-state index in [1.54, 1.807) is 13.0 Å². The molecular weight excluding hydrogens is 277 g/mol. The first-order valence-electron chi connectivity index (χ1n) is 7.31. The molecule has 0 saturated heterocycles. The van der Waals surface area contributed by atoms with E-state index < -0.39 is 11.7 Å². The summed E-state index contributed by atoms with van der Waals surface area (Å²) in [6, 6.07) is 4.13. The molecule has 0 fully saturated rings. The lowest BCUT2D eigenvalue weighted by atomic mass is 9.96. The Morgan fingerprint density at radius 2 is 1.90 bits per heavy atom. The van der Waals surface area contributed by atoms with Crippen molar-refractivity contribution in [1.82, 2.24) is 10.2 Å². The van der Waals surface area contributed by atoms with Gasteiger partial charge in [0.05, 0.1) is 5.56 Å². The lowest BCUT2D eigenvalue weighted by molar-refractivity contribution is -0.137. The topological polar surface area (TPSA) is 15.3 Å². The van der Waals surface area contributed by atoms with Gasteiger partial charge < -0.3 is 10.2 Å². The van der Waals surface area contributed by atoms with E-state index in [1.807, 2.05) is 14.1 Å². The van der Waals surface area contributed by atoms with E-state index in [9.17, 15) is 13.2 Å². The molecule has 1 aromatic rings. The molecule has 1 N–H and O–H groups in total. The molecule has 0 aliphatic carbocycles. The Bertz CT molecular complexity index is 442. The van der Waals surface area contributed by atoms with Crippen molar-refractivity contribution in [2.24, 2.45) is 0 Å². The summed E-state index contributed by atoms with van der Waals surface area (Å²) in [4.78, 5) is 2.08. The van der Waals surface area contributed by atoms with Crippen LogP contribution in [0.3, 0.4) is 0 Å². The number of nitrogens with one attached hydrogen (secondary N) is 1. The summed E-state index contributed by atoms with van der Waals surface area (Å²) >= 11 is 0. The highest BCUT2D eigenvalue weighted by atomic mass is 19.4. The zero-order valence-corrected chi connectivity index (χ0v) is 13.2. The van der Waals surface area contributed by atoms with E-state index >= 15 is 0 Å². The van der Waals surface area contributed by atoms with Crippen LogP contribution in [0, 0.1) is 6.92 Å². The molecule has 0 saturated carbocycles. The minimum atomic E-state index is -4.28. The van der Waals surface area contributed by atoms with Gasteiger partial charge in [-0.25, -0.2) is 0 Å². The Morgan fingerprint density at radius 3 is 2.38 bits per heavy atom. The third kappa shape index (κ3) is 5.67. The van der Waals surface area contributed by atoms with E-state index in [2.05, 4.69) is 17.1 Å². The largest absolute Gasteiger partial charge is 0.416 e. The molecule has 0 aliphatic heterocycles. The lowest BCUT2D eigenvalue weighted by Gasteiger charge is -2.23. The fourth-order valence-corrected chi connectivity index (χ4v) is 2.32. The number of aryl methyl sites for hydroxylation is 1. The van der Waals surface area contributed by atoms with Gasteiger partial charge >= 0.3 is 6.18 Å². The van der Waals surface area contributed by atoms with Gasteiger partial charge in [-0.05, 0) is 70.2 Å². The Balaban J connectivity index is 2.95. The van der Waals surface area contributed by atoms with Gasteiger partial charge in [-0.1, -0.05) is 13.0 Å². The molecule has 0 aliphatic rings. The van der Waals surface area contributed by atoms with Gasteiger partial charge in [0.2, 0.25) is 0 Å². The van der Waals surface area contributed by atoms with Crippen LogP contribution in [-0.2, 0) is 6.18 Å². The summed E-state index contributed by atoms with van der Waals surface area (Å²) in [5, 5.41) is 3.43. The number of alkyl halides is 3. The third-order valence-electron chi connectivity index (χ3n) is 3.48. The van der Waals surface area contributed by atoms with E-state index in [0.717, 1.165) is 31.5 Å². The second-order valence-corrected chi connectivity index (χ2v) is 5.67. The predicted octanol–water partition coefficient (Wildman–Crippen LogP) is 4.01. The molecule has 0 heterocycles. The molecule has 1 rings (SSSR count). The van der Waals surface area contributed by atoms with E-state index in [1.165, 1.54) is 12.1 Å². The molecule has 0 aromatic heterocycles. The molecule has 21 heavy (non-hydrogen) atoms. The van der Waals surface area contributed by atoms with Crippen LogP contribution in [0.5, 0.6) is 0 Å². The van der Waals surface area contributed by atoms with Crippen molar-refractivity contribution in [3.63, 3.8) is 0 Å². The zero-order chi connectivity index (χ0) is 16.0. The normalized spacial score (nSPS) is 13.7. The maximum absolute atomic E-state index is 12.7. The lowest BCUT2D eigenvalue weighted by Crippen LogP contribution is -2.27. The SMILES string of the molecule is CCCNC(CCN(C)C)c1ccc(C(F)(F)F)cc1C. The van der Waals surface area contributed by atoms with E-state index in [-0.39, 0.29) is 6.04 Å². The molecule has 2 nitrogen and oxygen atoms in total. The van der Waals surface area contributed by atoms with Gasteiger partial charge in [0.1, 0.15) is 0 Å². The van der Waals surface area contributed by atoms with Crippen molar-refractivity contribution in [3.05, 3.63) is 34.9 Å². The standard InChI is InChI=1S/C16H25F3N2/c1-5-9-20-15(8-10-21(3)4)14-7-6-13(11-12(14)2)16(17,18)19/h6-7,11,15,20H,5,8-10H2,1-4H3. The third-order valence-corrected chi connectivity index (χ3v) is 3.48. The number of benzene rings is 1. The number of halogens is 3. The number of rotatable bonds is 7. The summed E-state index contributed by atoms with van der Waals surface area (Å²) in [6.07, 6.45) is -2.41. The van der Waals surface area contributed by atoms with Crippen LogP contribution in [0.2, 0.25) is 0 Å². The van der Waals surface area contributed by atoms with Gasteiger partial charge in [-0.3, -0.25) is 0 Å². The molecular formula is C16H25F3N2. The van der Waals surface area contributed by atoms with Crippen molar-refractivity contribution >= 4 is 0 Å². The van der Waals surface area contributed by atoms with Crippen molar-refractivity contribution < 1.29 is 13.2 Å². The number of hydrogen-bond acceptors (Lipinski definition) is 2. The first-order valence-corrected chi connectivity index (χ1v) is 7.31. The van der Waals surface area contributed by atoms with Crippen molar-refractivity contribution in [2.45, 2.75) is 38.9 Å².